The van der Waals surface area contributed by atoms with Gasteiger partial charge in [-0.3, -0.25) is 4.79 Å². The third-order valence-electron chi connectivity index (χ3n) is 3.73. The lowest BCUT2D eigenvalue weighted by atomic mass is 10.1. The Morgan fingerprint density at radius 2 is 2.00 bits per heavy atom. The second kappa shape index (κ2) is 6.52. The van der Waals surface area contributed by atoms with E-state index in [1.165, 1.54) is 12.1 Å². The van der Waals surface area contributed by atoms with Gasteiger partial charge in [0.2, 0.25) is 5.91 Å². The molecule has 23 heavy (non-hydrogen) atoms. The van der Waals surface area contributed by atoms with E-state index in [4.69, 9.17) is 4.74 Å². The number of ether oxygens (including phenoxy) is 1. The monoisotopic (exact) mass is 312 g/mol. The smallest absolute Gasteiger partial charge is 0.224 e. The number of fused-ring (bicyclic) bond motifs is 1. The van der Waals surface area contributed by atoms with Gasteiger partial charge in [0, 0.05) is 23.6 Å². The largest absolute Gasteiger partial charge is 0.497 e. The molecule has 4 nitrogen and oxygen atoms in total. The van der Waals surface area contributed by atoms with Crippen LogP contribution in [0.5, 0.6) is 5.75 Å². The zero-order valence-electron chi connectivity index (χ0n) is 12.7. The summed E-state index contributed by atoms with van der Waals surface area (Å²) in [6.45, 7) is 0.380. The molecule has 0 radical (unpaired) electrons. The maximum atomic E-state index is 12.8. The third-order valence-corrected chi connectivity index (χ3v) is 3.73. The molecular formula is C18H17FN2O2. The quantitative estimate of drug-likeness (QED) is 0.760. The molecule has 0 aliphatic carbocycles. The van der Waals surface area contributed by atoms with Crippen LogP contribution in [0.3, 0.4) is 0 Å². The Morgan fingerprint density at radius 3 is 2.74 bits per heavy atom. The summed E-state index contributed by atoms with van der Waals surface area (Å²) in [7, 11) is 1.61. The molecule has 0 spiro atoms. The Balaban J connectivity index is 1.66. The lowest BCUT2D eigenvalue weighted by molar-refractivity contribution is -0.120. The van der Waals surface area contributed by atoms with Crippen LogP contribution in [-0.2, 0) is 17.8 Å². The summed E-state index contributed by atoms with van der Waals surface area (Å²) in [6, 6.07) is 11.8. The van der Waals surface area contributed by atoms with Gasteiger partial charge in [0.25, 0.3) is 0 Å². The molecule has 2 aromatic carbocycles. The highest BCUT2D eigenvalue weighted by atomic mass is 19.1. The van der Waals surface area contributed by atoms with Gasteiger partial charge in [0.1, 0.15) is 11.6 Å². The Morgan fingerprint density at radius 1 is 1.22 bits per heavy atom. The molecule has 0 bridgehead atoms. The van der Waals surface area contributed by atoms with E-state index in [-0.39, 0.29) is 18.1 Å². The first kappa shape index (κ1) is 15.1. The van der Waals surface area contributed by atoms with Crippen LogP contribution in [0.25, 0.3) is 10.9 Å². The molecule has 1 aromatic heterocycles. The van der Waals surface area contributed by atoms with Crippen LogP contribution < -0.4 is 10.1 Å². The molecule has 3 aromatic rings. The number of aromatic nitrogens is 1. The second-order valence-electron chi connectivity index (χ2n) is 5.31. The van der Waals surface area contributed by atoms with Gasteiger partial charge in [0.05, 0.1) is 13.5 Å². The van der Waals surface area contributed by atoms with Crippen molar-refractivity contribution in [2.24, 2.45) is 0 Å². The van der Waals surface area contributed by atoms with E-state index in [2.05, 4.69) is 10.3 Å². The summed E-state index contributed by atoms with van der Waals surface area (Å²) >= 11 is 0. The van der Waals surface area contributed by atoms with E-state index in [9.17, 15) is 9.18 Å². The molecule has 118 valence electrons. The number of hydrogen-bond acceptors (Lipinski definition) is 2. The number of aromatic amines is 1. The van der Waals surface area contributed by atoms with E-state index < -0.39 is 0 Å². The highest BCUT2D eigenvalue weighted by Crippen LogP contribution is 2.23. The van der Waals surface area contributed by atoms with E-state index >= 15 is 0 Å². The lowest BCUT2D eigenvalue weighted by Gasteiger charge is -2.05. The van der Waals surface area contributed by atoms with Crippen molar-refractivity contribution in [3.05, 3.63) is 65.6 Å². The number of rotatable bonds is 5. The zero-order chi connectivity index (χ0) is 16.2. The normalized spacial score (nSPS) is 10.7. The van der Waals surface area contributed by atoms with Crippen LogP contribution in [-0.4, -0.2) is 18.0 Å². The highest BCUT2D eigenvalue weighted by Gasteiger charge is 2.09. The molecule has 0 fully saturated rings. The average Bonchev–Trinajstić information content (AvgIpc) is 2.96. The molecule has 3 rings (SSSR count). The van der Waals surface area contributed by atoms with E-state index in [1.807, 2.05) is 24.4 Å². The van der Waals surface area contributed by atoms with Gasteiger partial charge in [-0.1, -0.05) is 12.1 Å². The average molecular weight is 312 g/mol. The maximum absolute atomic E-state index is 12.8. The van der Waals surface area contributed by atoms with Crippen LogP contribution in [0.4, 0.5) is 4.39 Å². The molecule has 5 heteroatoms. The predicted octanol–water partition coefficient (Wildman–Crippen LogP) is 3.17. The number of benzene rings is 2. The molecule has 0 saturated heterocycles. The molecule has 0 aliphatic heterocycles. The second-order valence-corrected chi connectivity index (χ2v) is 5.31. The minimum atomic E-state index is -0.284. The van der Waals surface area contributed by atoms with Crippen LogP contribution in [0.15, 0.2) is 48.7 Å². The fourth-order valence-electron chi connectivity index (χ4n) is 2.47. The molecular weight excluding hydrogens is 295 g/mol. The number of amides is 1. The molecule has 0 aliphatic rings. The number of nitrogens with one attached hydrogen (secondary N) is 2. The van der Waals surface area contributed by atoms with Crippen LogP contribution in [0, 0.1) is 5.82 Å². The Labute approximate surface area is 133 Å². The molecule has 0 saturated carbocycles. The van der Waals surface area contributed by atoms with Crippen molar-refractivity contribution < 1.29 is 13.9 Å². The Bertz CT molecular complexity index is 825. The Kier molecular flexibility index (Phi) is 4.28. The minimum Gasteiger partial charge on any atom is -0.497 e. The third kappa shape index (κ3) is 3.51. The molecule has 0 unspecified atom stereocenters. The number of halogens is 1. The van der Waals surface area contributed by atoms with E-state index in [0.717, 1.165) is 27.8 Å². The predicted molar refractivity (Wildman–Crippen MR) is 86.8 cm³/mol. The summed E-state index contributed by atoms with van der Waals surface area (Å²) in [5.74, 6) is 0.385. The first-order valence-corrected chi connectivity index (χ1v) is 7.31. The highest BCUT2D eigenvalue weighted by molar-refractivity contribution is 5.89. The number of carbonyl (C=O) groups is 1. The molecule has 1 amide bonds. The minimum absolute atomic E-state index is 0.0851. The summed E-state index contributed by atoms with van der Waals surface area (Å²) in [4.78, 5) is 15.3. The van der Waals surface area contributed by atoms with Crippen LogP contribution in [0.1, 0.15) is 11.1 Å². The van der Waals surface area contributed by atoms with Gasteiger partial charge in [-0.2, -0.15) is 0 Å². The van der Waals surface area contributed by atoms with E-state index in [0.29, 0.717) is 6.54 Å². The van der Waals surface area contributed by atoms with Gasteiger partial charge in [-0.05, 0) is 41.5 Å². The topological polar surface area (TPSA) is 54.1 Å². The van der Waals surface area contributed by atoms with Gasteiger partial charge >= 0.3 is 0 Å². The molecule has 1 heterocycles. The van der Waals surface area contributed by atoms with E-state index in [1.54, 1.807) is 19.2 Å². The lowest BCUT2D eigenvalue weighted by Crippen LogP contribution is -2.24. The van der Waals surface area contributed by atoms with Crippen molar-refractivity contribution in [3.63, 3.8) is 0 Å². The summed E-state index contributed by atoms with van der Waals surface area (Å²) < 4.78 is 18.1. The SMILES string of the molecule is COc1ccc2[nH]cc(CC(=O)NCc3ccc(F)cc3)c2c1. The van der Waals surface area contributed by atoms with Gasteiger partial charge in [-0.15, -0.1) is 0 Å². The number of carbonyl (C=O) groups excluding carboxylic acids is 1. The van der Waals surface area contributed by atoms with Gasteiger partial charge in [-0.25, -0.2) is 4.39 Å². The standard InChI is InChI=1S/C18H17FN2O2/c1-23-15-6-7-17-16(9-15)13(11-20-17)8-18(22)21-10-12-2-4-14(19)5-3-12/h2-7,9,11,20H,8,10H2,1H3,(H,21,22). The molecule has 2 N–H and O–H groups in total. The molecule has 0 atom stereocenters. The number of H-pyrrole nitrogens is 1. The fraction of sp³-hybridized carbons (Fsp3) is 0.167. The number of methoxy groups -OCH3 is 1. The zero-order valence-corrected chi connectivity index (χ0v) is 12.7. The Hall–Kier alpha value is -2.82. The maximum Gasteiger partial charge on any atom is 0.224 e. The van der Waals surface area contributed by atoms with Crippen molar-refractivity contribution in [3.8, 4) is 5.75 Å². The first-order chi connectivity index (χ1) is 11.2. The fourth-order valence-corrected chi connectivity index (χ4v) is 2.47. The number of hydrogen-bond donors (Lipinski definition) is 2. The summed E-state index contributed by atoms with van der Waals surface area (Å²) in [5.41, 5.74) is 2.74. The summed E-state index contributed by atoms with van der Waals surface area (Å²) in [5, 5.41) is 3.82. The summed E-state index contributed by atoms with van der Waals surface area (Å²) in [6.07, 6.45) is 2.11. The van der Waals surface area contributed by atoms with Gasteiger partial charge < -0.3 is 15.0 Å². The van der Waals surface area contributed by atoms with Crippen molar-refractivity contribution in [1.82, 2.24) is 10.3 Å². The van der Waals surface area contributed by atoms with Crippen molar-refractivity contribution in [1.29, 1.82) is 0 Å². The first-order valence-electron chi connectivity index (χ1n) is 7.31. The van der Waals surface area contributed by atoms with Crippen LogP contribution in [0.2, 0.25) is 0 Å². The van der Waals surface area contributed by atoms with Crippen LogP contribution >= 0.6 is 0 Å². The van der Waals surface area contributed by atoms with Crippen molar-refractivity contribution in [2.75, 3.05) is 7.11 Å². The van der Waals surface area contributed by atoms with Crippen molar-refractivity contribution >= 4 is 16.8 Å². The van der Waals surface area contributed by atoms with Crippen molar-refractivity contribution in [2.45, 2.75) is 13.0 Å². The van der Waals surface area contributed by atoms with Gasteiger partial charge in [0.15, 0.2) is 0 Å².